The van der Waals surface area contributed by atoms with Gasteiger partial charge in [-0.25, -0.2) is 0 Å². The number of nitrogens with zero attached hydrogens (tertiary/aromatic N) is 2. The van der Waals surface area contributed by atoms with E-state index in [1.807, 2.05) is 25.1 Å². The van der Waals surface area contributed by atoms with Crippen LogP contribution in [0.2, 0.25) is 0 Å². The van der Waals surface area contributed by atoms with Crippen LogP contribution in [0.1, 0.15) is 16.7 Å². The minimum Gasteiger partial charge on any atom is -0.488 e. The Labute approximate surface area is 115 Å². The number of rotatable bonds is 1. The predicted molar refractivity (Wildman–Crippen MR) is 72.3 cm³/mol. The van der Waals surface area contributed by atoms with Crippen LogP contribution in [0.25, 0.3) is 11.1 Å². The molecule has 1 aliphatic rings. The van der Waals surface area contributed by atoms with E-state index in [1.165, 1.54) is 12.1 Å². The van der Waals surface area contributed by atoms with Gasteiger partial charge in [0.25, 0.3) is 5.69 Å². The van der Waals surface area contributed by atoms with Gasteiger partial charge < -0.3 is 4.74 Å². The van der Waals surface area contributed by atoms with Gasteiger partial charge in [-0.3, -0.25) is 10.1 Å². The molecule has 0 N–H and O–H groups in total. The molecule has 0 saturated heterocycles. The number of fused-ring (bicyclic) bond motifs is 3. The van der Waals surface area contributed by atoms with Crippen molar-refractivity contribution >= 4 is 5.69 Å². The third-order valence-corrected chi connectivity index (χ3v) is 3.32. The molecule has 20 heavy (non-hydrogen) atoms. The average Bonchev–Trinajstić information content (AvgIpc) is 2.45. The van der Waals surface area contributed by atoms with E-state index in [0.717, 1.165) is 16.7 Å². The lowest BCUT2D eigenvalue weighted by Gasteiger charge is -2.22. The number of hydrogen-bond donors (Lipinski definition) is 0. The number of nitro groups is 1. The second kappa shape index (κ2) is 4.35. The summed E-state index contributed by atoms with van der Waals surface area (Å²) in [5, 5.41) is 20.2. The van der Waals surface area contributed by atoms with Crippen molar-refractivity contribution in [1.29, 1.82) is 5.26 Å². The zero-order valence-corrected chi connectivity index (χ0v) is 10.7. The van der Waals surface area contributed by atoms with Crippen LogP contribution in [0.3, 0.4) is 0 Å². The Balaban J connectivity index is 2.32. The number of nitriles is 1. The zero-order chi connectivity index (χ0) is 14.3. The molecule has 1 aliphatic heterocycles. The summed E-state index contributed by atoms with van der Waals surface area (Å²) in [6, 6.07) is 10.6. The van der Waals surface area contributed by atoms with Crippen LogP contribution in [0.15, 0.2) is 30.3 Å². The maximum absolute atomic E-state index is 10.9. The maximum Gasteiger partial charge on any atom is 0.271 e. The predicted octanol–water partition coefficient (Wildman–Crippen LogP) is 3.33. The summed E-state index contributed by atoms with van der Waals surface area (Å²) in [6.07, 6.45) is 0. The Bertz CT molecular complexity index is 775. The van der Waals surface area contributed by atoms with E-state index in [-0.39, 0.29) is 12.3 Å². The van der Waals surface area contributed by atoms with Crippen molar-refractivity contribution in [2.24, 2.45) is 0 Å². The molecular formula is C15H10N2O3. The number of hydrogen-bond acceptors (Lipinski definition) is 4. The van der Waals surface area contributed by atoms with Gasteiger partial charge in [0.2, 0.25) is 0 Å². The molecule has 5 heteroatoms. The van der Waals surface area contributed by atoms with E-state index in [1.54, 1.807) is 0 Å². The summed E-state index contributed by atoms with van der Waals surface area (Å²) in [7, 11) is 0. The summed E-state index contributed by atoms with van der Waals surface area (Å²) < 4.78 is 5.61. The average molecular weight is 266 g/mol. The number of benzene rings is 2. The molecule has 0 saturated carbocycles. The number of non-ortho nitro benzene ring substituents is 1. The topological polar surface area (TPSA) is 76.2 Å². The first-order chi connectivity index (χ1) is 9.60. The first kappa shape index (κ1) is 12.2. The molecule has 98 valence electrons. The van der Waals surface area contributed by atoms with Crippen molar-refractivity contribution in [3.8, 4) is 22.9 Å². The standard InChI is InChI=1S/C15H10N2O3/c1-9-2-3-14-13(4-9)15-10(7-16)5-12(17(18)19)6-11(15)8-20-14/h2-6H,8H2,1H3. The highest BCUT2D eigenvalue weighted by molar-refractivity contribution is 5.81. The molecule has 3 rings (SSSR count). The first-order valence-corrected chi connectivity index (χ1v) is 6.05. The van der Waals surface area contributed by atoms with E-state index in [9.17, 15) is 15.4 Å². The molecule has 0 aromatic heterocycles. The van der Waals surface area contributed by atoms with Crippen molar-refractivity contribution < 1.29 is 9.66 Å². The molecular weight excluding hydrogens is 256 g/mol. The molecule has 0 unspecified atom stereocenters. The molecule has 0 radical (unpaired) electrons. The molecule has 0 aliphatic carbocycles. The second-order valence-corrected chi connectivity index (χ2v) is 4.68. The maximum atomic E-state index is 10.9. The SMILES string of the molecule is Cc1ccc2c(c1)-c1c(C#N)cc([N+](=O)[O-])cc1CO2. The Morgan fingerprint density at radius 3 is 2.85 bits per heavy atom. The Kier molecular flexibility index (Phi) is 2.65. The van der Waals surface area contributed by atoms with Gasteiger partial charge in [-0.15, -0.1) is 0 Å². The third-order valence-electron chi connectivity index (χ3n) is 3.32. The molecule has 0 bridgehead atoms. The van der Waals surface area contributed by atoms with Crippen LogP contribution < -0.4 is 4.74 Å². The summed E-state index contributed by atoms with van der Waals surface area (Å²) >= 11 is 0. The Morgan fingerprint density at radius 1 is 1.35 bits per heavy atom. The minimum atomic E-state index is -0.493. The third kappa shape index (κ3) is 1.79. The van der Waals surface area contributed by atoms with Crippen LogP contribution in [0.5, 0.6) is 5.75 Å². The van der Waals surface area contributed by atoms with E-state index in [0.29, 0.717) is 16.9 Å². The highest BCUT2D eigenvalue weighted by atomic mass is 16.6. The molecule has 5 nitrogen and oxygen atoms in total. The van der Waals surface area contributed by atoms with Crippen LogP contribution in [0, 0.1) is 28.4 Å². The lowest BCUT2D eigenvalue weighted by atomic mass is 9.91. The Morgan fingerprint density at radius 2 is 2.15 bits per heavy atom. The van der Waals surface area contributed by atoms with Gasteiger partial charge in [-0.2, -0.15) is 5.26 Å². The fraction of sp³-hybridized carbons (Fsp3) is 0.133. The van der Waals surface area contributed by atoms with Gasteiger partial charge in [-0.05, 0) is 19.1 Å². The molecule has 0 fully saturated rings. The number of aryl methyl sites for hydroxylation is 1. The molecule has 0 atom stereocenters. The van der Waals surface area contributed by atoms with Crippen molar-refractivity contribution in [3.63, 3.8) is 0 Å². The monoisotopic (exact) mass is 266 g/mol. The van der Waals surface area contributed by atoms with E-state index < -0.39 is 4.92 Å². The van der Waals surface area contributed by atoms with Crippen molar-refractivity contribution in [2.75, 3.05) is 0 Å². The fourth-order valence-electron chi connectivity index (χ4n) is 2.43. The van der Waals surface area contributed by atoms with Gasteiger partial charge in [0.05, 0.1) is 10.5 Å². The summed E-state index contributed by atoms with van der Waals surface area (Å²) in [5.74, 6) is 0.702. The molecule has 0 spiro atoms. The van der Waals surface area contributed by atoms with Gasteiger partial charge in [0.15, 0.2) is 0 Å². The van der Waals surface area contributed by atoms with E-state index >= 15 is 0 Å². The Hall–Kier alpha value is -2.87. The summed E-state index contributed by atoms with van der Waals surface area (Å²) in [5.41, 5.74) is 3.50. The van der Waals surface area contributed by atoms with Gasteiger partial charge in [0, 0.05) is 28.8 Å². The van der Waals surface area contributed by atoms with E-state index in [2.05, 4.69) is 6.07 Å². The molecule has 2 aromatic carbocycles. The highest BCUT2D eigenvalue weighted by Crippen LogP contribution is 2.41. The summed E-state index contributed by atoms with van der Waals surface area (Å²) in [4.78, 5) is 10.4. The second-order valence-electron chi connectivity index (χ2n) is 4.68. The molecule has 1 heterocycles. The normalized spacial score (nSPS) is 11.8. The zero-order valence-electron chi connectivity index (χ0n) is 10.7. The van der Waals surface area contributed by atoms with Gasteiger partial charge >= 0.3 is 0 Å². The number of ether oxygens (including phenoxy) is 1. The highest BCUT2D eigenvalue weighted by Gasteiger charge is 2.24. The molecule has 2 aromatic rings. The largest absolute Gasteiger partial charge is 0.488 e. The summed E-state index contributed by atoms with van der Waals surface area (Å²) in [6.45, 7) is 2.19. The van der Waals surface area contributed by atoms with Crippen LogP contribution in [0.4, 0.5) is 5.69 Å². The fourth-order valence-corrected chi connectivity index (χ4v) is 2.43. The van der Waals surface area contributed by atoms with Gasteiger partial charge in [-0.1, -0.05) is 11.6 Å². The molecule has 0 amide bonds. The van der Waals surface area contributed by atoms with Gasteiger partial charge in [0.1, 0.15) is 18.4 Å². The van der Waals surface area contributed by atoms with E-state index in [4.69, 9.17) is 4.74 Å². The lowest BCUT2D eigenvalue weighted by Crippen LogP contribution is -2.08. The van der Waals surface area contributed by atoms with Crippen molar-refractivity contribution in [3.05, 3.63) is 57.1 Å². The first-order valence-electron chi connectivity index (χ1n) is 6.05. The lowest BCUT2D eigenvalue weighted by molar-refractivity contribution is -0.384. The minimum absolute atomic E-state index is 0.0833. The number of nitro benzene ring substituents is 1. The van der Waals surface area contributed by atoms with Crippen LogP contribution in [-0.4, -0.2) is 4.92 Å². The quantitative estimate of drug-likeness (QED) is 0.586. The van der Waals surface area contributed by atoms with Crippen LogP contribution in [-0.2, 0) is 6.61 Å². The smallest absolute Gasteiger partial charge is 0.271 e. The van der Waals surface area contributed by atoms with Crippen LogP contribution >= 0.6 is 0 Å². The van der Waals surface area contributed by atoms with Crippen molar-refractivity contribution in [1.82, 2.24) is 0 Å². The van der Waals surface area contributed by atoms with Crippen molar-refractivity contribution in [2.45, 2.75) is 13.5 Å².